The fourth-order valence-corrected chi connectivity index (χ4v) is 5.41. The molecule has 5 rings (SSSR count). The van der Waals surface area contributed by atoms with Gasteiger partial charge in [0.1, 0.15) is 5.00 Å². The molecule has 0 bridgehead atoms. The number of rotatable bonds is 6. The Bertz CT molecular complexity index is 1200. The van der Waals surface area contributed by atoms with Crippen LogP contribution in [0.25, 0.3) is 10.4 Å². The summed E-state index contributed by atoms with van der Waals surface area (Å²) in [5, 5.41) is 3.63. The van der Waals surface area contributed by atoms with Crippen LogP contribution in [-0.4, -0.2) is 49.8 Å². The van der Waals surface area contributed by atoms with E-state index in [0.29, 0.717) is 55.5 Å². The summed E-state index contributed by atoms with van der Waals surface area (Å²) in [6.07, 6.45) is 0.855. The van der Waals surface area contributed by atoms with Crippen molar-refractivity contribution in [1.29, 1.82) is 0 Å². The third kappa shape index (κ3) is 4.64. The summed E-state index contributed by atoms with van der Waals surface area (Å²) in [5.74, 6) is 1.24. The molecule has 2 aliphatic heterocycles. The maximum absolute atomic E-state index is 13.5. The zero-order chi connectivity index (χ0) is 23.5. The Morgan fingerprint density at radius 1 is 1.03 bits per heavy atom. The normalized spacial score (nSPS) is 14.8. The largest absolute Gasteiger partial charge is 0.454 e. The molecule has 176 valence electrons. The summed E-state index contributed by atoms with van der Waals surface area (Å²) >= 11 is 1.45. The number of nitrogens with one attached hydrogen (secondary N) is 1. The van der Waals surface area contributed by atoms with Gasteiger partial charge in [0.05, 0.1) is 18.8 Å². The van der Waals surface area contributed by atoms with E-state index in [9.17, 15) is 9.59 Å². The number of anilines is 1. The Morgan fingerprint density at radius 3 is 2.59 bits per heavy atom. The summed E-state index contributed by atoms with van der Waals surface area (Å²) in [7, 11) is 0. The van der Waals surface area contributed by atoms with E-state index in [4.69, 9.17) is 14.2 Å². The molecule has 2 amide bonds. The fourth-order valence-electron chi connectivity index (χ4n) is 4.19. The predicted molar refractivity (Wildman–Crippen MR) is 131 cm³/mol. The minimum Gasteiger partial charge on any atom is -0.454 e. The molecule has 0 radical (unpaired) electrons. The average molecular weight is 479 g/mol. The molecule has 3 aromatic rings. The number of carbonyl (C=O) groups is 2. The molecule has 0 unspecified atom stereocenters. The molecular formula is C26H26N2O5S. The van der Waals surface area contributed by atoms with E-state index in [-0.39, 0.29) is 18.6 Å². The van der Waals surface area contributed by atoms with Crippen molar-refractivity contribution < 1.29 is 23.8 Å². The summed E-state index contributed by atoms with van der Waals surface area (Å²) in [6, 6.07) is 15.7. The van der Waals surface area contributed by atoms with E-state index < -0.39 is 0 Å². The molecule has 0 aliphatic carbocycles. The molecule has 0 atom stereocenters. The van der Waals surface area contributed by atoms with Gasteiger partial charge in [-0.2, -0.15) is 0 Å². The first-order valence-electron chi connectivity index (χ1n) is 11.3. The average Bonchev–Trinajstić information content (AvgIpc) is 3.47. The first kappa shape index (κ1) is 22.4. The number of hydrogen-bond donors (Lipinski definition) is 1. The van der Waals surface area contributed by atoms with Crippen molar-refractivity contribution in [3.8, 4) is 21.9 Å². The van der Waals surface area contributed by atoms with Gasteiger partial charge in [-0.25, -0.2) is 0 Å². The number of morpholine rings is 1. The van der Waals surface area contributed by atoms with Gasteiger partial charge < -0.3 is 24.4 Å². The van der Waals surface area contributed by atoms with Crippen LogP contribution < -0.4 is 14.8 Å². The van der Waals surface area contributed by atoms with Crippen molar-refractivity contribution in [3.05, 3.63) is 65.2 Å². The van der Waals surface area contributed by atoms with E-state index in [2.05, 4.69) is 5.32 Å². The number of carbonyl (C=O) groups excluding carboxylic acids is 2. The van der Waals surface area contributed by atoms with Gasteiger partial charge in [0.2, 0.25) is 12.7 Å². The van der Waals surface area contributed by atoms with Gasteiger partial charge >= 0.3 is 0 Å². The quantitative estimate of drug-likeness (QED) is 0.565. The first-order valence-corrected chi connectivity index (χ1v) is 12.2. The minimum absolute atomic E-state index is 0.0645. The molecule has 3 heterocycles. The number of benzene rings is 2. The van der Waals surface area contributed by atoms with Crippen LogP contribution >= 0.6 is 11.3 Å². The number of aryl methyl sites for hydroxylation is 1. The third-order valence-electron chi connectivity index (χ3n) is 6.03. The van der Waals surface area contributed by atoms with Crippen LogP contribution in [0.15, 0.2) is 48.5 Å². The number of nitrogens with zero attached hydrogens (tertiary/aromatic N) is 1. The topological polar surface area (TPSA) is 77.1 Å². The second-order valence-corrected chi connectivity index (χ2v) is 9.29. The number of hydrogen-bond acceptors (Lipinski definition) is 6. The summed E-state index contributed by atoms with van der Waals surface area (Å²) in [4.78, 5) is 29.2. The monoisotopic (exact) mass is 478 g/mol. The zero-order valence-corrected chi connectivity index (χ0v) is 19.8. The highest BCUT2D eigenvalue weighted by atomic mass is 32.1. The highest BCUT2D eigenvalue weighted by Gasteiger charge is 2.28. The van der Waals surface area contributed by atoms with Crippen molar-refractivity contribution >= 4 is 28.2 Å². The number of ether oxygens (including phenoxy) is 3. The lowest BCUT2D eigenvalue weighted by Gasteiger charge is -2.27. The molecule has 1 fully saturated rings. The minimum atomic E-state index is -0.130. The fraction of sp³-hybridized carbons (Fsp3) is 0.308. The van der Waals surface area contributed by atoms with Gasteiger partial charge in [0, 0.05) is 24.4 Å². The zero-order valence-electron chi connectivity index (χ0n) is 19.0. The van der Waals surface area contributed by atoms with Gasteiger partial charge in [-0.05, 0) is 42.2 Å². The summed E-state index contributed by atoms with van der Waals surface area (Å²) in [6.45, 7) is 4.32. The van der Waals surface area contributed by atoms with E-state index >= 15 is 0 Å². The molecule has 1 aromatic heterocycles. The SMILES string of the molecule is Cc1c(-c2ccccc2)sc(NC(=O)CCc2ccc3c(c2)OCO3)c1C(=O)N1CCOCC1. The molecular weight excluding hydrogens is 452 g/mol. The van der Waals surface area contributed by atoms with E-state index in [0.717, 1.165) is 27.3 Å². The van der Waals surface area contributed by atoms with Crippen LogP contribution in [0.1, 0.15) is 27.9 Å². The molecule has 7 nitrogen and oxygen atoms in total. The van der Waals surface area contributed by atoms with Gasteiger partial charge in [0.25, 0.3) is 5.91 Å². The van der Waals surface area contributed by atoms with Crippen molar-refractivity contribution in [3.63, 3.8) is 0 Å². The molecule has 1 N–H and O–H groups in total. The molecule has 2 aliphatic rings. The Labute approximate surface area is 202 Å². The number of thiophene rings is 1. The lowest BCUT2D eigenvalue weighted by molar-refractivity contribution is -0.116. The first-order chi connectivity index (χ1) is 16.6. The maximum atomic E-state index is 13.5. The molecule has 1 saturated heterocycles. The number of amides is 2. The van der Waals surface area contributed by atoms with Gasteiger partial charge in [-0.3, -0.25) is 9.59 Å². The van der Waals surface area contributed by atoms with Crippen LogP contribution in [-0.2, 0) is 16.0 Å². The van der Waals surface area contributed by atoms with Crippen LogP contribution in [0.4, 0.5) is 5.00 Å². The van der Waals surface area contributed by atoms with Crippen LogP contribution in [0.5, 0.6) is 11.5 Å². The Hall–Kier alpha value is -3.36. The second kappa shape index (κ2) is 9.87. The number of fused-ring (bicyclic) bond motifs is 1. The van der Waals surface area contributed by atoms with Gasteiger partial charge in [0.15, 0.2) is 11.5 Å². The van der Waals surface area contributed by atoms with E-state index in [1.165, 1.54) is 11.3 Å². The smallest absolute Gasteiger partial charge is 0.257 e. The molecule has 0 spiro atoms. The second-order valence-electron chi connectivity index (χ2n) is 8.27. The maximum Gasteiger partial charge on any atom is 0.257 e. The molecule has 8 heteroatoms. The highest BCUT2D eigenvalue weighted by Crippen LogP contribution is 2.41. The van der Waals surface area contributed by atoms with Gasteiger partial charge in [-0.15, -0.1) is 11.3 Å². The lowest BCUT2D eigenvalue weighted by atomic mass is 10.1. The van der Waals surface area contributed by atoms with Crippen molar-refractivity contribution in [2.45, 2.75) is 19.8 Å². The third-order valence-corrected chi connectivity index (χ3v) is 7.28. The lowest BCUT2D eigenvalue weighted by Crippen LogP contribution is -2.41. The van der Waals surface area contributed by atoms with Crippen LogP contribution in [0.2, 0.25) is 0 Å². The standard InChI is InChI=1S/C26H26N2O5S/c1-17-23(26(30)28-11-13-31-14-12-28)25(34-24(17)19-5-3-2-4-6-19)27-22(29)10-8-18-7-9-20-21(15-18)33-16-32-20/h2-7,9,15H,8,10-14,16H2,1H3,(H,27,29). The van der Waals surface area contributed by atoms with Gasteiger partial charge in [-0.1, -0.05) is 36.4 Å². The summed E-state index contributed by atoms with van der Waals surface area (Å²) < 4.78 is 16.2. The van der Waals surface area contributed by atoms with Crippen molar-refractivity contribution in [1.82, 2.24) is 4.90 Å². The molecule has 2 aromatic carbocycles. The van der Waals surface area contributed by atoms with Crippen molar-refractivity contribution in [2.24, 2.45) is 0 Å². The van der Waals surface area contributed by atoms with Crippen LogP contribution in [0, 0.1) is 6.92 Å². The predicted octanol–water partition coefficient (Wildman–Crippen LogP) is 4.50. The van der Waals surface area contributed by atoms with Crippen LogP contribution in [0.3, 0.4) is 0 Å². The Balaban J connectivity index is 1.36. The Morgan fingerprint density at radius 2 is 1.79 bits per heavy atom. The molecule has 34 heavy (non-hydrogen) atoms. The summed E-state index contributed by atoms with van der Waals surface area (Å²) in [5.41, 5.74) is 3.49. The molecule has 0 saturated carbocycles. The highest BCUT2D eigenvalue weighted by molar-refractivity contribution is 7.20. The van der Waals surface area contributed by atoms with Crippen molar-refractivity contribution in [2.75, 3.05) is 38.4 Å². The van der Waals surface area contributed by atoms with E-state index in [1.807, 2.05) is 55.5 Å². The Kier molecular flexibility index (Phi) is 6.51. The van der Waals surface area contributed by atoms with E-state index in [1.54, 1.807) is 4.90 Å².